The van der Waals surface area contributed by atoms with Gasteiger partial charge in [-0.1, -0.05) is 23.7 Å². The van der Waals surface area contributed by atoms with Crippen LogP contribution in [0.5, 0.6) is 0 Å². The van der Waals surface area contributed by atoms with Gasteiger partial charge in [0.25, 0.3) is 0 Å². The SMILES string of the molecule is COC(=O)Cc1c(Cl)cccc1B1OC(C)(C)C(C)(C)O1. The monoisotopic (exact) mass is 310 g/mol. The van der Waals surface area contributed by atoms with E-state index in [2.05, 4.69) is 0 Å². The third-order valence-corrected chi connectivity index (χ3v) is 4.57. The number of carbonyl (C=O) groups is 1. The first kappa shape index (κ1) is 16.3. The fourth-order valence-corrected chi connectivity index (χ4v) is 2.42. The summed E-state index contributed by atoms with van der Waals surface area (Å²) in [6, 6.07) is 5.43. The van der Waals surface area contributed by atoms with Crippen LogP contribution in [0.2, 0.25) is 5.02 Å². The molecule has 0 spiro atoms. The quantitative estimate of drug-likeness (QED) is 0.635. The second-order valence-electron chi connectivity index (χ2n) is 6.15. The van der Waals surface area contributed by atoms with Crippen LogP contribution in [0.4, 0.5) is 0 Å². The zero-order valence-electron chi connectivity index (χ0n) is 13.0. The second-order valence-corrected chi connectivity index (χ2v) is 6.56. The number of esters is 1. The number of halogens is 1. The Balaban J connectivity index is 2.37. The van der Waals surface area contributed by atoms with E-state index in [1.807, 2.05) is 39.8 Å². The van der Waals surface area contributed by atoms with Crippen LogP contribution < -0.4 is 5.46 Å². The Morgan fingerprint density at radius 3 is 2.33 bits per heavy atom. The van der Waals surface area contributed by atoms with Gasteiger partial charge in [0.1, 0.15) is 0 Å². The van der Waals surface area contributed by atoms with Crippen molar-refractivity contribution in [3.8, 4) is 0 Å². The molecule has 0 aliphatic carbocycles. The van der Waals surface area contributed by atoms with Crippen molar-refractivity contribution in [2.45, 2.75) is 45.3 Å². The normalized spacial score (nSPS) is 19.6. The first-order chi connectivity index (χ1) is 9.68. The lowest BCUT2D eigenvalue weighted by molar-refractivity contribution is -0.139. The molecule has 1 fully saturated rings. The predicted molar refractivity (Wildman–Crippen MR) is 82.9 cm³/mol. The minimum absolute atomic E-state index is 0.0928. The summed E-state index contributed by atoms with van der Waals surface area (Å²) in [4.78, 5) is 11.6. The highest BCUT2D eigenvalue weighted by Gasteiger charge is 2.52. The van der Waals surface area contributed by atoms with Crippen LogP contribution in [0.25, 0.3) is 0 Å². The Morgan fingerprint density at radius 1 is 1.24 bits per heavy atom. The van der Waals surface area contributed by atoms with Crippen LogP contribution in [0.1, 0.15) is 33.3 Å². The van der Waals surface area contributed by atoms with Crippen LogP contribution in [0.3, 0.4) is 0 Å². The lowest BCUT2D eigenvalue weighted by atomic mass is 9.75. The average Bonchev–Trinajstić information content (AvgIpc) is 2.60. The zero-order chi connectivity index (χ0) is 15.8. The largest absolute Gasteiger partial charge is 0.495 e. The standard InChI is InChI=1S/C15H20BClO4/c1-14(2)15(3,4)21-16(20-14)11-7-6-8-12(17)10(11)9-13(18)19-5/h6-8H,9H2,1-5H3. The van der Waals surface area contributed by atoms with Gasteiger partial charge in [0.15, 0.2) is 0 Å². The predicted octanol–water partition coefficient (Wildman–Crippen LogP) is 2.35. The Labute approximate surface area is 130 Å². The number of benzene rings is 1. The van der Waals surface area contributed by atoms with Crippen LogP contribution in [0.15, 0.2) is 18.2 Å². The van der Waals surface area contributed by atoms with Crippen molar-refractivity contribution in [1.82, 2.24) is 0 Å². The molecular formula is C15H20BClO4. The highest BCUT2D eigenvalue weighted by molar-refractivity contribution is 6.63. The number of hydrogen-bond donors (Lipinski definition) is 0. The molecule has 6 heteroatoms. The molecule has 21 heavy (non-hydrogen) atoms. The molecule has 2 rings (SSSR count). The van der Waals surface area contributed by atoms with Crippen molar-refractivity contribution in [2.75, 3.05) is 7.11 Å². The molecule has 1 saturated heterocycles. The fourth-order valence-electron chi connectivity index (χ4n) is 2.17. The van der Waals surface area contributed by atoms with Crippen molar-refractivity contribution < 1.29 is 18.8 Å². The third-order valence-electron chi connectivity index (χ3n) is 4.21. The van der Waals surface area contributed by atoms with Crippen LogP contribution in [-0.4, -0.2) is 31.4 Å². The summed E-state index contributed by atoms with van der Waals surface area (Å²) in [6.45, 7) is 7.93. The van der Waals surface area contributed by atoms with E-state index < -0.39 is 18.3 Å². The molecule has 4 nitrogen and oxygen atoms in total. The summed E-state index contributed by atoms with van der Waals surface area (Å²) in [5.41, 5.74) is 0.571. The van der Waals surface area contributed by atoms with Crippen molar-refractivity contribution in [3.05, 3.63) is 28.8 Å². The minimum atomic E-state index is -0.548. The van der Waals surface area contributed by atoms with E-state index in [1.54, 1.807) is 6.07 Å². The van der Waals surface area contributed by atoms with Crippen molar-refractivity contribution in [3.63, 3.8) is 0 Å². The summed E-state index contributed by atoms with van der Waals surface area (Å²) < 4.78 is 16.8. The molecule has 0 radical (unpaired) electrons. The summed E-state index contributed by atoms with van der Waals surface area (Å²) >= 11 is 6.23. The topological polar surface area (TPSA) is 44.8 Å². The molecule has 0 N–H and O–H groups in total. The molecule has 1 aliphatic rings. The van der Waals surface area contributed by atoms with Gasteiger partial charge >= 0.3 is 13.1 Å². The summed E-state index contributed by atoms with van der Waals surface area (Å²) in [7, 11) is 0.807. The van der Waals surface area contributed by atoms with Gasteiger partial charge in [-0.25, -0.2) is 0 Å². The molecule has 114 valence electrons. The Kier molecular flexibility index (Phi) is 4.38. The zero-order valence-corrected chi connectivity index (χ0v) is 13.8. The minimum Gasteiger partial charge on any atom is -0.469 e. The lowest BCUT2D eigenvalue weighted by Gasteiger charge is -2.32. The third kappa shape index (κ3) is 3.10. The second kappa shape index (κ2) is 5.63. The molecule has 0 saturated carbocycles. The molecular weight excluding hydrogens is 290 g/mol. The van der Waals surface area contributed by atoms with Gasteiger partial charge in [-0.3, -0.25) is 4.79 Å². The Hall–Kier alpha value is -1.04. The van der Waals surface area contributed by atoms with E-state index in [0.717, 1.165) is 5.46 Å². The molecule has 0 aromatic heterocycles. The van der Waals surface area contributed by atoms with Gasteiger partial charge < -0.3 is 14.0 Å². The highest BCUT2D eigenvalue weighted by atomic mass is 35.5. The first-order valence-corrected chi connectivity index (χ1v) is 7.25. The van der Waals surface area contributed by atoms with Gasteiger partial charge in [0.2, 0.25) is 0 Å². The van der Waals surface area contributed by atoms with Crippen LogP contribution in [-0.2, 0) is 25.3 Å². The molecule has 0 bridgehead atoms. The van der Waals surface area contributed by atoms with Gasteiger partial charge in [-0.2, -0.15) is 0 Å². The molecule has 0 unspecified atom stereocenters. The number of carbonyl (C=O) groups excluding carboxylic acids is 1. The van der Waals surface area contributed by atoms with Gasteiger partial charge in [-0.15, -0.1) is 0 Å². The molecule has 0 amide bonds. The summed E-state index contributed by atoms with van der Waals surface area (Å²) in [6.07, 6.45) is 0.0928. The van der Waals surface area contributed by atoms with Gasteiger partial charge in [0.05, 0.1) is 24.7 Å². The molecule has 1 aromatic carbocycles. The van der Waals surface area contributed by atoms with E-state index in [-0.39, 0.29) is 12.4 Å². The lowest BCUT2D eigenvalue weighted by Crippen LogP contribution is -2.41. The maximum atomic E-state index is 11.6. The van der Waals surface area contributed by atoms with E-state index in [9.17, 15) is 4.79 Å². The van der Waals surface area contributed by atoms with Crippen LogP contribution in [0, 0.1) is 0 Å². The van der Waals surface area contributed by atoms with E-state index in [4.69, 9.17) is 25.6 Å². The first-order valence-electron chi connectivity index (χ1n) is 6.87. The van der Waals surface area contributed by atoms with Crippen LogP contribution >= 0.6 is 11.6 Å². The molecule has 1 aromatic rings. The molecule has 1 heterocycles. The Morgan fingerprint density at radius 2 is 1.81 bits per heavy atom. The highest BCUT2D eigenvalue weighted by Crippen LogP contribution is 2.37. The number of ether oxygens (including phenoxy) is 1. The number of rotatable bonds is 3. The smallest absolute Gasteiger partial charge is 0.469 e. The van der Waals surface area contributed by atoms with Gasteiger partial charge in [-0.05, 0) is 44.8 Å². The van der Waals surface area contributed by atoms with E-state index >= 15 is 0 Å². The van der Waals surface area contributed by atoms with Crippen molar-refractivity contribution >= 4 is 30.2 Å². The number of hydrogen-bond acceptors (Lipinski definition) is 4. The van der Waals surface area contributed by atoms with E-state index in [1.165, 1.54) is 7.11 Å². The summed E-state index contributed by atoms with van der Waals surface area (Å²) in [5.74, 6) is -0.346. The van der Waals surface area contributed by atoms with Crippen molar-refractivity contribution in [2.24, 2.45) is 0 Å². The average molecular weight is 311 g/mol. The molecule has 0 atom stereocenters. The maximum absolute atomic E-state index is 11.6. The summed E-state index contributed by atoms with van der Waals surface area (Å²) in [5, 5.41) is 0.507. The fraction of sp³-hybridized carbons (Fsp3) is 0.533. The maximum Gasteiger partial charge on any atom is 0.495 e. The Bertz CT molecular complexity index is 541. The van der Waals surface area contributed by atoms with Gasteiger partial charge in [0, 0.05) is 5.02 Å². The molecule has 1 aliphatic heterocycles. The van der Waals surface area contributed by atoms with Crippen molar-refractivity contribution in [1.29, 1.82) is 0 Å². The number of methoxy groups -OCH3 is 1. The van der Waals surface area contributed by atoms with E-state index in [0.29, 0.717) is 10.6 Å².